The van der Waals surface area contributed by atoms with Crippen LogP contribution in [0.1, 0.15) is 32.8 Å². The minimum atomic E-state index is 0.0689. The molecule has 0 bridgehead atoms. The van der Waals surface area contributed by atoms with E-state index in [2.05, 4.69) is 25.9 Å². The standard InChI is InChI=1S/C12H17NO2/c1-12(2,3)8-11(13-15)9-4-6-10(14)7-5-9/h4-7,14-15H,8H2,1-3H3. The van der Waals surface area contributed by atoms with Gasteiger partial charge in [0, 0.05) is 0 Å². The average Bonchev–Trinajstić information content (AvgIpc) is 2.14. The van der Waals surface area contributed by atoms with E-state index in [1.54, 1.807) is 24.3 Å². The van der Waals surface area contributed by atoms with E-state index < -0.39 is 0 Å². The number of phenolic OH excluding ortho intramolecular Hbond substituents is 1. The fraction of sp³-hybridized carbons (Fsp3) is 0.417. The summed E-state index contributed by atoms with van der Waals surface area (Å²) in [6.07, 6.45) is 0.689. The van der Waals surface area contributed by atoms with Gasteiger partial charge in [0.1, 0.15) is 5.75 Å². The first-order chi connectivity index (χ1) is 6.92. The van der Waals surface area contributed by atoms with Gasteiger partial charge >= 0.3 is 0 Å². The molecule has 0 aliphatic carbocycles. The monoisotopic (exact) mass is 207 g/mol. The minimum Gasteiger partial charge on any atom is -0.508 e. The molecule has 0 amide bonds. The first-order valence-electron chi connectivity index (χ1n) is 4.93. The number of nitrogens with zero attached hydrogens (tertiary/aromatic N) is 1. The lowest BCUT2D eigenvalue weighted by Gasteiger charge is -2.18. The van der Waals surface area contributed by atoms with Gasteiger partial charge in [-0.25, -0.2) is 0 Å². The van der Waals surface area contributed by atoms with Gasteiger partial charge in [0.2, 0.25) is 0 Å². The Morgan fingerprint density at radius 2 is 1.73 bits per heavy atom. The largest absolute Gasteiger partial charge is 0.508 e. The summed E-state index contributed by atoms with van der Waals surface area (Å²) in [7, 11) is 0. The van der Waals surface area contributed by atoms with E-state index in [0.29, 0.717) is 12.1 Å². The third-order valence-electron chi connectivity index (χ3n) is 2.02. The number of phenols is 1. The molecule has 82 valence electrons. The molecule has 15 heavy (non-hydrogen) atoms. The number of benzene rings is 1. The Kier molecular flexibility index (Phi) is 3.35. The number of hydrogen-bond donors (Lipinski definition) is 2. The normalized spacial score (nSPS) is 12.9. The lowest BCUT2D eigenvalue weighted by atomic mass is 9.87. The Morgan fingerprint density at radius 3 is 2.13 bits per heavy atom. The van der Waals surface area contributed by atoms with Crippen molar-refractivity contribution >= 4 is 5.71 Å². The maximum atomic E-state index is 9.14. The smallest absolute Gasteiger partial charge is 0.115 e. The van der Waals surface area contributed by atoms with Crippen LogP contribution >= 0.6 is 0 Å². The van der Waals surface area contributed by atoms with Gasteiger partial charge in [0.05, 0.1) is 5.71 Å². The third-order valence-corrected chi connectivity index (χ3v) is 2.02. The molecule has 0 fully saturated rings. The molecule has 0 aliphatic heterocycles. The van der Waals surface area contributed by atoms with E-state index in [4.69, 9.17) is 10.3 Å². The second-order valence-corrected chi connectivity index (χ2v) is 4.83. The van der Waals surface area contributed by atoms with Crippen LogP contribution in [-0.4, -0.2) is 16.0 Å². The highest BCUT2D eigenvalue weighted by Gasteiger charge is 2.16. The highest BCUT2D eigenvalue weighted by Crippen LogP contribution is 2.22. The topological polar surface area (TPSA) is 52.8 Å². The van der Waals surface area contributed by atoms with Crippen molar-refractivity contribution in [3.8, 4) is 5.75 Å². The molecule has 3 nitrogen and oxygen atoms in total. The predicted octanol–water partition coefficient (Wildman–Crippen LogP) is 3.01. The van der Waals surface area contributed by atoms with E-state index in [1.807, 2.05) is 0 Å². The number of oxime groups is 1. The second kappa shape index (κ2) is 4.34. The number of rotatable bonds is 2. The van der Waals surface area contributed by atoms with Crippen molar-refractivity contribution in [2.75, 3.05) is 0 Å². The van der Waals surface area contributed by atoms with Gasteiger partial charge in [-0.05, 0) is 41.7 Å². The van der Waals surface area contributed by atoms with Gasteiger partial charge in [0.15, 0.2) is 0 Å². The fourth-order valence-corrected chi connectivity index (χ4v) is 1.35. The van der Waals surface area contributed by atoms with Crippen LogP contribution < -0.4 is 0 Å². The minimum absolute atomic E-state index is 0.0689. The van der Waals surface area contributed by atoms with Gasteiger partial charge in [0.25, 0.3) is 0 Å². The van der Waals surface area contributed by atoms with Crippen LogP contribution in [-0.2, 0) is 0 Å². The molecule has 1 aromatic carbocycles. The summed E-state index contributed by atoms with van der Waals surface area (Å²) in [5.74, 6) is 0.215. The van der Waals surface area contributed by atoms with Crippen molar-refractivity contribution in [3.05, 3.63) is 29.8 Å². The van der Waals surface area contributed by atoms with Gasteiger partial charge < -0.3 is 10.3 Å². The maximum absolute atomic E-state index is 9.14. The summed E-state index contributed by atoms with van der Waals surface area (Å²) < 4.78 is 0. The van der Waals surface area contributed by atoms with Crippen LogP contribution in [0.4, 0.5) is 0 Å². The third kappa shape index (κ3) is 3.62. The van der Waals surface area contributed by atoms with Crippen LogP contribution in [0.3, 0.4) is 0 Å². The van der Waals surface area contributed by atoms with E-state index in [9.17, 15) is 0 Å². The van der Waals surface area contributed by atoms with Crippen LogP contribution in [0, 0.1) is 5.41 Å². The molecular weight excluding hydrogens is 190 g/mol. The molecule has 3 heteroatoms. The summed E-state index contributed by atoms with van der Waals surface area (Å²) in [6.45, 7) is 6.25. The molecule has 0 aliphatic rings. The van der Waals surface area contributed by atoms with E-state index >= 15 is 0 Å². The summed E-state index contributed by atoms with van der Waals surface area (Å²) in [5, 5.41) is 21.4. The highest BCUT2D eigenvalue weighted by molar-refractivity contribution is 6.00. The highest BCUT2D eigenvalue weighted by atomic mass is 16.4. The molecule has 0 heterocycles. The summed E-state index contributed by atoms with van der Waals surface area (Å²) in [5.41, 5.74) is 1.55. The molecule has 0 saturated heterocycles. The first kappa shape index (κ1) is 11.6. The Morgan fingerprint density at radius 1 is 1.20 bits per heavy atom. The average molecular weight is 207 g/mol. The molecule has 1 rings (SSSR count). The maximum Gasteiger partial charge on any atom is 0.115 e. The van der Waals surface area contributed by atoms with E-state index in [0.717, 1.165) is 5.56 Å². The fourth-order valence-electron chi connectivity index (χ4n) is 1.35. The van der Waals surface area contributed by atoms with Crippen molar-refractivity contribution in [1.82, 2.24) is 0 Å². The lowest BCUT2D eigenvalue weighted by molar-refractivity contribution is 0.313. The van der Waals surface area contributed by atoms with Crippen molar-refractivity contribution in [2.24, 2.45) is 10.6 Å². The van der Waals surface area contributed by atoms with Crippen molar-refractivity contribution < 1.29 is 10.3 Å². The predicted molar refractivity (Wildman–Crippen MR) is 60.5 cm³/mol. The SMILES string of the molecule is CC(C)(C)CC(=NO)c1ccc(O)cc1. The molecule has 0 radical (unpaired) electrons. The molecule has 0 unspecified atom stereocenters. The van der Waals surface area contributed by atoms with Crippen LogP contribution in [0.25, 0.3) is 0 Å². The van der Waals surface area contributed by atoms with Gasteiger partial charge in [-0.15, -0.1) is 0 Å². The lowest BCUT2D eigenvalue weighted by Crippen LogP contribution is -2.14. The molecule has 0 saturated carbocycles. The Hall–Kier alpha value is -1.51. The number of hydrogen-bond acceptors (Lipinski definition) is 3. The molecule has 2 N–H and O–H groups in total. The zero-order valence-electron chi connectivity index (χ0n) is 9.36. The zero-order chi connectivity index (χ0) is 11.5. The van der Waals surface area contributed by atoms with Crippen LogP contribution in [0.2, 0.25) is 0 Å². The molecular formula is C12H17NO2. The van der Waals surface area contributed by atoms with Crippen molar-refractivity contribution in [1.29, 1.82) is 0 Å². The zero-order valence-corrected chi connectivity index (χ0v) is 9.36. The second-order valence-electron chi connectivity index (χ2n) is 4.83. The Balaban J connectivity index is 2.90. The first-order valence-corrected chi connectivity index (χ1v) is 4.93. The molecule has 0 spiro atoms. The molecule has 0 aromatic heterocycles. The van der Waals surface area contributed by atoms with Gasteiger partial charge in [-0.1, -0.05) is 25.9 Å². The van der Waals surface area contributed by atoms with Crippen LogP contribution in [0.15, 0.2) is 29.4 Å². The van der Waals surface area contributed by atoms with Crippen molar-refractivity contribution in [2.45, 2.75) is 27.2 Å². The summed E-state index contributed by atoms with van der Waals surface area (Å²) >= 11 is 0. The molecule has 0 atom stereocenters. The quantitative estimate of drug-likeness (QED) is 0.445. The van der Waals surface area contributed by atoms with Crippen molar-refractivity contribution in [3.63, 3.8) is 0 Å². The number of aromatic hydroxyl groups is 1. The Labute approximate surface area is 90.1 Å². The Bertz CT molecular complexity index is 347. The van der Waals surface area contributed by atoms with Gasteiger partial charge in [-0.2, -0.15) is 0 Å². The van der Waals surface area contributed by atoms with Gasteiger partial charge in [-0.3, -0.25) is 0 Å². The summed E-state index contributed by atoms with van der Waals surface area (Å²) in [4.78, 5) is 0. The van der Waals surface area contributed by atoms with Crippen LogP contribution in [0.5, 0.6) is 5.75 Å². The summed E-state index contributed by atoms with van der Waals surface area (Å²) in [6, 6.07) is 6.67. The van der Waals surface area contributed by atoms with E-state index in [-0.39, 0.29) is 11.2 Å². The van der Waals surface area contributed by atoms with E-state index in [1.165, 1.54) is 0 Å². The molecule has 1 aromatic rings.